The lowest BCUT2D eigenvalue weighted by atomic mass is 9.85. The van der Waals surface area contributed by atoms with Gasteiger partial charge in [0, 0.05) is 31.8 Å². The van der Waals surface area contributed by atoms with Crippen molar-refractivity contribution in [2.24, 2.45) is 13.0 Å². The van der Waals surface area contributed by atoms with Gasteiger partial charge in [0.2, 0.25) is 0 Å². The second kappa shape index (κ2) is 10.6. The number of pyridine rings is 1. The number of hydrogen-bond acceptors (Lipinski definition) is 6. The van der Waals surface area contributed by atoms with Crippen molar-refractivity contribution in [1.82, 2.24) is 24.8 Å². The number of hydrogen-bond donors (Lipinski definition) is 3. The SMILES string of the molecule is C=C(C)C(=O)Nc1ccc(-c2c(-c3ccc(C(=O)NCC4CCC4)c(F)c3)c3c(NC)ncnc3n2C)nc1. The van der Waals surface area contributed by atoms with Gasteiger partial charge in [-0.3, -0.25) is 14.6 Å². The lowest BCUT2D eigenvalue weighted by molar-refractivity contribution is -0.112. The van der Waals surface area contributed by atoms with Crippen LogP contribution in [-0.2, 0) is 11.8 Å². The van der Waals surface area contributed by atoms with Crippen LogP contribution in [0.1, 0.15) is 36.5 Å². The van der Waals surface area contributed by atoms with Gasteiger partial charge in [-0.2, -0.15) is 0 Å². The zero-order chi connectivity index (χ0) is 27.7. The lowest BCUT2D eigenvalue weighted by Gasteiger charge is -2.25. The quantitative estimate of drug-likeness (QED) is 0.280. The Bertz CT molecular complexity index is 1590. The predicted molar refractivity (Wildman–Crippen MR) is 150 cm³/mol. The Hall–Kier alpha value is -4.60. The topological polar surface area (TPSA) is 114 Å². The molecule has 3 aromatic heterocycles. The molecule has 4 aromatic rings. The first-order valence-corrected chi connectivity index (χ1v) is 12.8. The van der Waals surface area contributed by atoms with Crippen molar-refractivity contribution in [3.8, 4) is 22.5 Å². The molecule has 0 atom stereocenters. The number of benzene rings is 1. The van der Waals surface area contributed by atoms with Crippen molar-refractivity contribution >= 4 is 34.4 Å². The van der Waals surface area contributed by atoms with E-state index in [4.69, 9.17) is 0 Å². The zero-order valence-corrected chi connectivity index (χ0v) is 22.1. The second-order valence-electron chi connectivity index (χ2n) is 9.82. The number of anilines is 2. The van der Waals surface area contributed by atoms with Crippen molar-refractivity contribution in [3.05, 3.63) is 66.4 Å². The van der Waals surface area contributed by atoms with Crippen LogP contribution < -0.4 is 16.0 Å². The number of nitrogens with one attached hydrogen (secondary N) is 3. The number of aryl methyl sites for hydroxylation is 1. The fourth-order valence-corrected chi connectivity index (χ4v) is 4.75. The van der Waals surface area contributed by atoms with Gasteiger partial charge in [0.15, 0.2) is 0 Å². The van der Waals surface area contributed by atoms with Crippen molar-refractivity contribution in [2.45, 2.75) is 26.2 Å². The molecule has 1 fully saturated rings. The molecule has 10 heteroatoms. The van der Waals surface area contributed by atoms with E-state index in [1.165, 1.54) is 24.9 Å². The van der Waals surface area contributed by atoms with Crippen molar-refractivity contribution in [3.63, 3.8) is 0 Å². The van der Waals surface area contributed by atoms with E-state index in [1.54, 1.807) is 38.4 Å². The maximum absolute atomic E-state index is 15.4. The molecule has 0 saturated heterocycles. The molecular formula is C29H30FN7O2. The van der Waals surface area contributed by atoms with Crippen molar-refractivity contribution in [1.29, 1.82) is 0 Å². The lowest BCUT2D eigenvalue weighted by Crippen LogP contribution is -2.32. The van der Waals surface area contributed by atoms with Gasteiger partial charge >= 0.3 is 0 Å². The number of fused-ring (bicyclic) bond motifs is 1. The molecule has 0 aliphatic heterocycles. The van der Waals surface area contributed by atoms with E-state index < -0.39 is 11.7 Å². The first-order valence-electron chi connectivity index (χ1n) is 12.8. The van der Waals surface area contributed by atoms with Gasteiger partial charge in [0.25, 0.3) is 11.8 Å². The number of aromatic nitrogens is 4. The minimum atomic E-state index is -0.616. The van der Waals surface area contributed by atoms with E-state index in [0.717, 1.165) is 12.8 Å². The Morgan fingerprint density at radius 2 is 1.95 bits per heavy atom. The third-order valence-corrected chi connectivity index (χ3v) is 7.13. The Kier molecular flexibility index (Phi) is 7.10. The number of amides is 2. The summed E-state index contributed by atoms with van der Waals surface area (Å²) in [6.07, 6.45) is 6.38. The van der Waals surface area contributed by atoms with Gasteiger partial charge in [-0.05, 0) is 55.5 Å². The molecular weight excluding hydrogens is 497 g/mol. The monoisotopic (exact) mass is 527 g/mol. The number of rotatable bonds is 8. The molecule has 1 aliphatic carbocycles. The van der Waals surface area contributed by atoms with Gasteiger partial charge in [0.1, 0.15) is 23.6 Å². The highest BCUT2D eigenvalue weighted by atomic mass is 19.1. The van der Waals surface area contributed by atoms with Crippen molar-refractivity contribution in [2.75, 3.05) is 24.2 Å². The summed E-state index contributed by atoms with van der Waals surface area (Å²) >= 11 is 0. The van der Waals surface area contributed by atoms with Gasteiger partial charge < -0.3 is 20.5 Å². The average molecular weight is 528 g/mol. The maximum Gasteiger partial charge on any atom is 0.254 e. The molecule has 3 heterocycles. The summed E-state index contributed by atoms with van der Waals surface area (Å²) in [4.78, 5) is 38.1. The maximum atomic E-state index is 15.4. The fourth-order valence-electron chi connectivity index (χ4n) is 4.75. The van der Waals surface area contributed by atoms with Crippen LogP contribution in [0.2, 0.25) is 0 Å². The summed E-state index contributed by atoms with van der Waals surface area (Å²) in [5.74, 6) is -0.281. The van der Waals surface area contributed by atoms with Gasteiger partial charge in [-0.1, -0.05) is 19.1 Å². The molecule has 2 amide bonds. The molecule has 1 aromatic carbocycles. The van der Waals surface area contributed by atoms with Crippen LogP contribution in [0.25, 0.3) is 33.5 Å². The molecule has 39 heavy (non-hydrogen) atoms. The van der Waals surface area contributed by atoms with E-state index in [2.05, 4.69) is 37.5 Å². The first-order chi connectivity index (χ1) is 18.8. The first kappa shape index (κ1) is 26.0. The van der Waals surface area contributed by atoms with E-state index in [0.29, 0.717) is 63.1 Å². The summed E-state index contributed by atoms with van der Waals surface area (Å²) < 4.78 is 17.3. The van der Waals surface area contributed by atoms with Crippen LogP contribution in [0.5, 0.6) is 0 Å². The molecule has 200 valence electrons. The molecule has 1 aliphatic rings. The normalized spacial score (nSPS) is 13.1. The third kappa shape index (κ3) is 4.97. The molecule has 3 N–H and O–H groups in total. The van der Waals surface area contributed by atoms with Gasteiger partial charge in [0.05, 0.1) is 34.2 Å². The summed E-state index contributed by atoms with van der Waals surface area (Å²) in [5.41, 5.74) is 4.02. The minimum absolute atomic E-state index is 0.000631. The third-order valence-electron chi connectivity index (χ3n) is 7.13. The molecule has 0 bridgehead atoms. The van der Waals surface area contributed by atoms with Crippen molar-refractivity contribution < 1.29 is 14.0 Å². The minimum Gasteiger partial charge on any atom is -0.372 e. The number of carbonyl (C=O) groups is 2. The van der Waals surface area contributed by atoms with Crippen LogP contribution in [0, 0.1) is 11.7 Å². The van der Waals surface area contributed by atoms with Crippen LogP contribution in [-0.4, -0.2) is 44.9 Å². The number of halogens is 1. The number of nitrogens with zero attached hydrogens (tertiary/aromatic N) is 4. The highest BCUT2D eigenvalue weighted by Crippen LogP contribution is 2.42. The summed E-state index contributed by atoms with van der Waals surface area (Å²) in [6, 6.07) is 8.12. The standard InChI is InChI=1S/C29H30FN7O2/c1-16(2)28(38)36-19-9-11-22(32-14-19)25-23(24-26(31-3)34-15-35-27(24)37(25)4)18-8-10-20(21(30)12-18)29(39)33-13-17-6-5-7-17/h8-12,14-15,17H,1,5-7,13H2,2-4H3,(H,33,39)(H,36,38)(H,31,34,35). The van der Waals surface area contributed by atoms with E-state index in [-0.39, 0.29) is 11.5 Å². The molecule has 0 spiro atoms. The molecule has 1 saturated carbocycles. The number of carbonyl (C=O) groups excluding carboxylic acids is 2. The highest BCUT2D eigenvalue weighted by molar-refractivity contribution is 6.08. The van der Waals surface area contributed by atoms with Crippen LogP contribution in [0.4, 0.5) is 15.9 Å². The highest BCUT2D eigenvalue weighted by Gasteiger charge is 2.25. The van der Waals surface area contributed by atoms with Crippen LogP contribution in [0.3, 0.4) is 0 Å². The van der Waals surface area contributed by atoms with E-state index >= 15 is 4.39 Å². The van der Waals surface area contributed by atoms with Gasteiger partial charge in [-0.15, -0.1) is 0 Å². The summed E-state index contributed by atoms with van der Waals surface area (Å²) in [5, 5.41) is 9.40. The molecule has 0 radical (unpaired) electrons. The average Bonchev–Trinajstić information content (AvgIpc) is 3.20. The van der Waals surface area contributed by atoms with Crippen LogP contribution in [0.15, 0.2) is 55.0 Å². The van der Waals surface area contributed by atoms with E-state index in [1.807, 2.05) is 11.6 Å². The smallest absolute Gasteiger partial charge is 0.254 e. The summed E-state index contributed by atoms with van der Waals surface area (Å²) in [7, 11) is 3.61. The largest absolute Gasteiger partial charge is 0.372 e. The summed E-state index contributed by atoms with van der Waals surface area (Å²) in [6.45, 7) is 5.84. The zero-order valence-electron chi connectivity index (χ0n) is 22.1. The Morgan fingerprint density at radius 1 is 1.15 bits per heavy atom. The van der Waals surface area contributed by atoms with E-state index in [9.17, 15) is 9.59 Å². The molecule has 0 unspecified atom stereocenters. The Labute approximate surface area is 225 Å². The predicted octanol–water partition coefficient (Wildman–Crippen LogP) is 4.92. The van der Waals surface area contributed by atoms with Crippen LogP contribution >= 0.6 is 0 Å². The fraction of sp³-hybridized carbons (Fsp3) is 0.276. The van der Waals surface area contributed by atoms with Gasteiger partial charge in [-0.25, -0.2) is 14.4 Å². The second-order valence-corrected chi connectivity index (χ2v) is 9.82. The Balaban J connectivity index is 1.58. The molecule has 9 nitrogen and oxygen atoms in total. The molecule has 5 rings (SSSR count). The Morgan fingerprint density at radius 3 is 2.56 bits per heavy atom.